The van der Waals surface area contributed by atoms with E-state index in [-0.39, 0.29) is 0 Å². The van der Waals surface area contributed by atoms with E-state index in [9.17, 15) is 0 Å². The van der Waals surface area contributed by atoms with Gasteiger partial charge in [0.05, 0.1) is 0 Å². The molecule has 0 unspecified atom stereocenters. The van der Waals surface area contributed by atoms with Crippen LogP contribution in [0.15, 0.2) is 0 Å². The van der Waals surface area contributed by atoms with Crippen LogP contribution >= 0.6 is 0 Å². The van der Waals surface area contributed by atoms with Gasteiger partial charge in [-0.1, -0.05) is 33.1 Å². The summed E-state index contributed by atoms with van der Waals surface area (Å²) in [7, 11) is 0. The Kier molecular flexibility index (Phi) is 3.66. The molecule has 1 rings (SSSR count). The number of aliphatic hydroxyl groups is 1. The van der Waals surface area contributed by atoms with Gasteiger partial charge in [-0.25, -0.2) is 0 Å². The Balaban J connectivity index is 2.64. The van der Waals surface area contributed by atoms with Crippen molar-refractivity contribution in [3.8, 4) is 12.0 Å². The Labute approximate surface area is 81.5 Å². The van der Waals surface area contributed by atoms with Gasteiger partial charge in [0.25, 0.3) is 0 Å². The Morgan fingerprint density at radius 3 is 2.54 bits per heavy atom. The summed E-state index contributed by atoms with van der Waals surface area (Å²) in [6.45, 7) is 6.79. The summed E-state index contributed by atoms with van der Waals surface area (Å²) < 4.78 is 0. The maximum absolute atomic E-state index is 8.64. The molecule has 1 N–H and O–H groups in total. The minimum Gasteiger partial charge on any atom is -0.462 e. The lowest BCUT2D eigenvalue weighted by Gasteiger charge is -2.34. The molecule has 0 bridgehead atoms. The second kappa shape index (κ2) is 4.56. The van der Waals surface area contributed by atoms with Gasteiger partial charge in [-0.2, -0.15) is 0 Å². The molecule has 1 heteroatoms. The fourth-order valence-corrected chi connectivity index (χ4v) is 2.45. The quantitative estimate of drug-likeness (QED) is 0.615. The summed E-state index contributed by atoms with van der Waals surface area (Å²) in [5.74, 6) is 5.54. The normalized spacial score (nSPS) is 34.0. The lowest BCUT2D eigenvalue weighted by atomic mass is 9.70. The van der Waals surface area contributed by atoms with Gasteiger partial charge in [0.1, 0.15) is 6.11 Å². The molecule has 0 aromatic rings. The van der Waals surface area contributed by atoms with Crippen molar-refractivity contribution in [2.45, 2.75) is 40.0 Å². The Hall–Kier alpha value is -0.640. The smallest absolute Gasteiger partial charge is 0.107 e. The van der Waals surface area contributed by atoms with E-state index < -0.39 is 0 Å². The third-order valence-electron chi connectivity index (χ3n) is 3.27. The van der Waals surface area contributed by atoms with Crippen molar-refractivity contribution in [3.05, 3.63) is 0 Å². The average Bonchev–Trinajstić information content (AvgIpc) is 2.04. The van der Waals surface area contributed by atoms with Gasteiger partial charge < -0.3 is 5.11 Å². The van der Waals surface area contributed by atoms with Crippen LogP contribution in [0.3, 0.4) is 0 Å². The lowest BCUT2D eigenvalue weighted by molar-refractivity contribution is 0.184. The molecule has 0 saturated heterocycles. The van der Waals surface area contributed by atoms with Gasteiger partial charge in [0, 0.05) is 5.92 Å². The van der Waals surface area contributed by atoms with Crippen molar-refractivity contribution in [1.82, 2.24) is 0 Å². The van der Waals surface area contributed by atoms with Crippen molar-refractivity contribution in [2.75, 3.05) is 0 Å². The SMILES string of the molecule is CC(C)[C@H]1CC[C@H](C)C[C@@H]1C#CO. The predicted molar refractivity (Wildman–Crippen MR) is 54.5 cm³/mol. The van der Waals surface area contributed by atoms with Crippen molar-refractivity contribution in [2.24, 2.45) is 23.7 Å². The number of aliphatic hydroxyl groups excluding tert-OH is 1. The lowest BCUT2D eigenvalue weighted by Crippen LogP contribution is -2.26. The Morgan fingerprint density at radius 1 is 1.31 bits per heavy atom. The standard InChI is InChI=1S/C12H20O/c1-9(2)12-5-4-10(3)8-11(12)6-7-13/h9-13H,4-5,8H2,1-3H3/t10-,11-,12+/m0/s1. The topological polar surface area (TPSA) is 20.2 Å². The number of hydrogen-bond acceptors (Lipinski definition) is 1. The van der Waals surface area contributed by atoms with E-state index in [4.69, 9.17) is 5.11 Å². The van der Waals surface area contributed by atoms with Gasteiger partial charge >= 0.3 is 0 Å². The first-order valence-electron chi connectivity index (χ1n) is 5.29. The second-order valence-electron chi connectivity index (χ2n) is 4.69. The number of hydrogen-bond donors (Lipinski definition) is 1. The molecule has 0 aromatic heterocycles. The van der Waals surface area contributed by atoms with Crippen molar-refractivity contribution in [3.63, 3.8) is 0 Å². The van der Waals surface area contributed by atoms with Crippen LogP contribution in [0, 0.1) is 35.7 Å². The van der Waals surface area contributed by atoms with E-state index >= 15 is 0 Å². The van der Waals surface area contributed by atoms with E-state index in [1.165, 1.54) is 12.8 Å². The Bertz CT molecular complexity index is 209. The molecular formula is C12H20O. The molecule has 0 heterocycles. The zero-order chi connectivity index (χ0) is 9.84. The summed E-state index contributed by atoms with van der Waals surface area (Å²) in [6, 6.07) is 0. The molecule has 1 fully saturated rings. The highest BCUT2D eigenvalue weighted by Gasteiger charge is 2.29. The van der Waals surface area contributed by atoms with Gasteiger partial charge in [0.15, 0.2) is 0 Å². The van der Waals surface area contributed by atoms with Crippen LogP contribution in [-0.4, -0.2) is 5.11 Å². The molecule has 74 valence electrons. The average molecular weight is 180 g/mol. The second-order valence-corrected chi connectivity index (χ2v) is 4.69. The van der Waals surface area contributed by atoms with Crippen molar-refractivity contribution < 1.29 is 5.11 Å². The van der Waals surface area contributed by atoms with Crippen LogP contribution in [0.4, 0.5) is 0 Å². The van der Waals surface area contributed by atoms with E-state index in [2.05, 4.69) is 32.8 Å². The molecule has 1 nitrogen and oxygen atoms in total. The van der Waals surface area contributed by atoms with Crippen LogP contribution in [0.2, 0.25) is 0 Å². The van der Waals surface area contributed by atoms with Crippen LogP contribution in [0.25, 0.3) is 0 Å². The summed E-state index contributed by atoms with van der Waals surface area (Å²) in [6.07, 6.45) is 5.86. The largest absolute Gasteiger partial charge is 0.462 e. The van der Waals surface area contributed by atoms with E-state index in [0.29, 0.717) is 17.8 Å². The zero-order valence-electron chi connectivity index (χ0n) is 8.88. The minimum atomic E-state index is 0.425. The highest BCUT2D eigenvalue weighted by Crippen LogP contribution is 2.37. The third-order valence-corrected chi connectivity index (χ3v) is 3.27. The molecule has 0 amide bonds. The monoisotopic (exact) mass is 180 g/mol. The van der Waals surface area contributed by atoms with E-state index in [1.807, 2.05) is 0 Å². The summed E-state index contributed by atoms with van der Waals surface area (Å²) in [4.78, 5) is 0. The van der Waals surface area contributed by atoms with Gasteiger partial charge in [-0.05, 0) is 30.6 Å². The van der Waals surface area contributed by atoms with Crippen LogP contribution < -0.4 is 0 Å². The number of rotatable bonds is 1. The molecule has 0 aliphatic heterocycles. The van der Waals surface area contributed by atoms with Gasteiger partial charge in [-0.15, -0.1) is 0 Å². The first-order valence-corrected chi connectivity index (χ1v) is 5.29. The molecule has 1 aliphatic rings. The fraction of sp³-hybridized carbons (Fsp3) is 0.833. The van der Waals surface area contributed by atoms with Crippen molar-refractivity contribution >= 4 is 0 Å². The highest BCUT2D eigenvalue weighted by atomic mass is 16.2. The van der Waals surface area contributed by atoms with Crippen molar-refractivity contribution in [1.29, 1.82) is 0 Å². The maximum atomic E-state index is 8.64. The van der Waals surface area contributed by atoms with Gasteiger partial charge in [-0.3, -0.25) is 0 Å². The van der Waals surface area contributed by atoms with Crippen LogP contribution in [-0.2, 0) is 0 Å². The summed E-state index contributed by atoms with van der Waals surface area (Å²) in [5, 5.41) is 8.64. The molecule has 13 heavy (non-hydrogen) atoms. The molecule has 0 spiro atoms. The predicted octanol–water partition coefficient (Wildman–Crippen LogP) is 3.03. The Morgan fingerprint density at radius 2 is 2.00 bits per heavy atom. The molecule has 1 saturated carbocycles. The first-order chi connectivity index (χ1) is 6.15. The zero-order valence-corrected chi connectivity index (χ0v) is 8.88. The molecule has 1 aliphatic carbocycles. The molecular weight excluding hydrogens is 160 g/mol. The highest BCUT2D eigenvalue weighted by molar-refractivity contribution is 5.02. The first kappa shape index (κ1) is 10.4. The summed E-state index contributed by atoms with van der Waals surface area (Å²) in [5.41, 5.74) is 0. The summed E-state index contributed by atoms with van der Waals surface area (Å²) >= 11 is 0. The fourth-order valence-electron chi connectivity index (χ4n) is 2.45. The molecule has 0 radical (unpaired) electrons. The minimum absolute atomic E-state index is 0.425. The molecule has 0 aromatic carbocycles. The van der Waals surface area contributed by atoms with Gasteiger partial charge in [0.2, 0.25) is 0 Å². The van der Waals surface area contributed by atoms with Crippen LogP contribution in [0.5, 0.6) is 0 Å². The maximum Gasteiger partial charge on any atom is 0.107 e. The third kappa shape index (κ3) is 2.66. The van der Waals surface area contributed by atoms with E-state index in [0.717, 1.165) is 12.3 Å². The van der Waals surface area contributed by atoms with E-state index in [1.54, 1.807) is 0 Å². The van der Waals surface area contributed by atoms with Crippen LogP contribution in [0.1, 0.15) is 40.0 Å². The molecule has 3 atom stereocenters.